The van der Waals surface area contributed by atoms with Crippen molar-refractivity contribution in [3.8, 4) is 0 Å². The minimum absolute atomic E-state index is 0.0364. The Bertz CT molecular complexity index is 439. The van der Waals surface area contributed by atoms with Crippen LogP contribution in [-0.2, 0) is 11.3 Å². The van der Waals surface area contributed by atoms with Gasteiger partial charge in [-0.25, -0.2) is 4.98 Å². The van der Waals surface area contributed by atoms with Gasteiger partial charge in [0, 0.05) is 33.1 Å². The van der Waals surface area contributed by atoms with Gasteiger partial charge in [-0.1, -0.05) is 18.5 Å². The maximum absolute atomic E-state index is 11.2. The van der Waals surface area contributed by atoms with Crippen LogP contribution in [0.4, 0.5) is 5.82 Å². The Morgan fingerprint density at radius 3 is 2.85 bits per heavy atom. The van der Waals surface area contributed by atoms with Crippen LogP contribution in [0.3, 0.4) is 0 Å². The van der Waals surface area contributed by atoms with E-state index in [1.807, 2.05) is 24.1 Å². The van der Waals surface area contributed by atoms with Crippen molar-refractivity contribution in [3.63, 3.8) is 0 Å². The summed E-state index contributed by atoms with van der Waals surface area (Å²) in [7, 11) is 3.59. The van der Waals surface area contributed by atoms with Gasteiger partial charge in [0.05, 0.1) is 10.7 Å². The van der Waals surface area contributed by atoms with E-state index in [1.165, 1.54) is 0 Å². The van der Waals surface area contributed by atoms with E-state index in [0.29, 0.717) is 24.5 Å². The number of carbonyl (C=O) groups excluding carboxylic acids is 1. The summed E-state index contributed by atoms with van der Waals surface area (Å²) in [5.41, 5.74) is 0.826. The Kier molecular flexibility index (Phi) is 7.33. The van der Waals surface area contributed by atoms with E-state index in [1.54, 1.807) is 7.05 Å². The predicted molar refractivity (Wildman–Crippen MR) is 83.0 cm³/mol. The average Bonchev–Trinajstić information content (AvgIpc) is 2.45. The smallest absolute Gasteiger partial charge is 0.221 e. The van der Waals surface area contributed by atoms with Crippen molar-refractivity contribution in [3.05, 3.63) is 22.8 Å². The second-order valence-corrected chi connectivity index (χ2v) is 5.12. The summed E-state index contributed by atoms with van der Waals surface area (Å²) in [6, 6.07) is 3.74. The van der Waals surface area contributed by atoms with Crippen LogP contribution in [-0.4, -0.2) is 43.0 Å². The maximum atomic E-state index is 11.2. The van der Waals surface area contributed by atoms with Crippen LogP contribution in [0.1, 0.15) is 25.5 Å². The van der Waals surface area contributed by atoms with Gasteiger partial charge in [-0.05, 0) is 25.6 Å². The summed E-state index contributed by atoms with van der Waals surface area (Å²) >= 11 is 6.17. The van der Waals surface area contributed by atoms with Crippen molar-refractivity contribution in [1.82, 2.24) is 15.2 Å². The van der Waals surface area contributed by atoms with Gasteiger partial charge >= 0.3 is 0 Å². The highest BCUT2D eigenvalue weighted by Crippen LogP contribution is 2.18. The Morgan fingerprint density at radius 1 is 1.45 bits per heavy atom. The summed E-state index contributed by atoms with van der Waals surface area (Å²) in [6.45, 7) is 4.29. The summed E-state index contributed by atoms with van der Waals surface area (Å²) in [6.07, 6.45) is 1.52. The van der Waals surface area contributed by atoms with Crippen LogP contribution < -0.4 is 10.6 Å². The van der Waals surface area contributed by atoms with E-state index < -0.39 is 0 Å². The minimum Gasteiger partial charge on any atom is -0.370 e. The molecule has 0 aromatic carbocycles. The van der Waals surface area contributed by atoms with Crippen LogP contribution in [0.2, 0.25) is 5.02 Å². The number of amides is 1. The van der Waals surface area contributed by atoms with Gasteiger partial charge in [0.2, 0.25) is 5.91 Å². The number of hydrogen-bond acceptors (Lipinski definition) is 4. The third-order valence-electron chi connectivity index (χ3n) is 2.89. The number of pyridine rings is 1. The van der Waals surface area contributed by atoms with E-state index in [9.17, 15) is 4.79 Å². The number of nitrogens with zero attached hydrogens (tertiary/aromatic N) is 2. The molecule has 1 aromatic rings. The number of anilines is 1. The molecule has 0 unspecified atom stereocenters. The third kappa shape index (κ3) is 5.75. The Labute approximate surface area is 125 Å². The van der Waals surface area contributed by atoms with Crippen LogP contribution >= 0.6 is 11.6 Å². The van der Waals surface area contributed by atoms with Gasteiger partial charge < -0.3 is 10.6 Å². The highest BCUT2D eigenvalue weighted by atomic mass is 35.5. The molecule has 0 aliphatic rings. The van der Waals surface area contributed by atoms with Gasteiger partial charge in [-0.15, -0.1) is 0 Å². The number of hydrogen-bond donors (Lipinski definition) is 2. The topological polar surface area (TPSA) is 57.3 Å². The number of halogens is 1. The molecule has 2 N–H and O–H groups in total. The highest BCUT2D eigenvalue weighted by molar-refractivity contribution is 6.31. The van der Waals surface area contributed by atoms with Gasteiger partial charge in [-0.2, -0.15) is 0 Å². The number of nitrogens with one attached hydrogen (secondary N) is 2. The van der Waals surface area contributed by atoms with E-state index in [0.717, 1.165) is 24.5 Å². The van der Waals surface area contributed by atoms with Crippen LogP contribution in [0.5, 0.6) is 0 Å². The Balaban J connectivity index is 2.58. The number of aromatic nitrogens is 1. The molecule has 112 valence electrons. The van der Waals surface area contributed by atoms with Crippen molar-refractivity contribution >= 4 is 23.3 Å². The average molecular weight is 299 g/mol. The van der Waals surface area contributed by atoms with E-state index in [2.05, 4.69) is 22.5 Å². The fourth-order valence-corrected chi connectivity index (χ4v) is 1.86. The second-order valence-electron chi connectivity index (χ2n) is 4.71. The molecule has 1 heterocycles. The molecule has 0 atom stereocenters. The summed E-state index contributed by atoms with van der Waals surface area (Å²) in [5, 5.41) is 6.50. The second kappa shape index (κ2) is 8.76. The molecule has 0 aliphatic carbocycles. The monoisotopic (exact) mass is 298 g/mol. The van der Waals surface area contributed by atoms with Gasteiger partial charge in [0.15, 0.2) is 0 Å². The van der Waals surface area contributed by atoms with E-state index in [-0.39, 0.29) is 5.91 Å². The number of carbonyl (C=O) groups is 1. The van der Waals surface area contributed by atoms with Crippen molar-refractivity contribution in [2.45, 2.75) is 26.3 Å². The normalized spacial score (nSPS) is 10.7. The molecule has 0 bridgehead atoms. The summed E-state index contributed by atoms with van der Waals surface area (Å²) < 4.78 is 0. The zero-order valence-electron chi connectivity index (χ0n) is 12.4. The molecule has 5 nitrogen and oxygen atoms in total. The van der Waals surface area contributed by atoms with Crippen molar-refractivity contribution < 1.29 is 4.79 Å². The van der Waals surface area contributed by atoms with E-state index in [4.69, 9.17) is 11.6 Å². The zero-order chi connectivity index (χ0) is 15.0. The van der Waals surface area contributed by atoms with Gasteiger partial charge in [0.25, 0.3) is 0 Å². The molecular weight excluding hydrogens is 276 g/mol. The van der Waals surface area contributed by atoms with E-state index >= 15 is 0 Å². The minimum atomic E-state index is 0.0364. The molecule has 0 aliphatic heterocycles. The molecular formula is C14H23ClN4O. The summed E-state index contributed by atoms with van der Waals surface area (Å²) in [5.74, 6) is 0.875. The Morgan fingerprint density at radius 2 is 2.20 bits per heavy atom. The first kappa shape index (κ1) is 16.7. The molecule has 1 rings (SSSR count). The first-order chi connectivity index (χ1) is 9.56. The summed E-state index contributed by atoms with van der Waals surface area (Å²) in [4.78, 5) is 17.8. The molecule has 20 heavy (non-hydrogen) atoms. The molecule has 1 aromatic heterocycles. The van der Waals surface area contributed by atoms with Crippen LogP contribution in [0, 0.1) is 0 Å². The lowest BCUT2D eigenvalue weighted by atomic mass is 10.3. The molecule has 0 saturated carbocycles. The zero-order valence-corrected chi connectivity index (χ0v) is 13.1. The molecule has 0 spiro atoms. The SMILES string of the molecule is CCCNc1ccc(Cl)c(CN(C)CCC(=O)NC)n1. The first-order valence-corrected chi connectivity index (χ1v) is 7.23. The largest absolute Gasteiger partial charge is 0.370 e. The van der Waals surface area contributed by atoms with Crippen molar-refractivity contribution in [1.29, 1.82) is 0 Å². The molecule has 0 fully saturated rings. The standard InChI is InChI=1S/C14H23ClN4O/c1-4-8-17-13-6-5-11(15)12(18-13)10-19(3)9-7-14(20)16-2/h5-6H,4,7-10H2,1-3H3,(H,16,20)(H,17,18). The fraction of sp³-hybridized carbons (Fsp3) is 0.571. The van der Waals surface area contributed by atoms with Crippen molar-refractivity contribution in [2.24, 2.45) is 0 Å². The first-order valence-electron chi connectivity index (χ1n) is 6.85. The van der Waals surface area contributed by atoms with Crippen LogP contribution in [0.25, 0.3) is 0 Å². The quantitative estimate of drug-likeness (QED) is 0.772. The number of rotatable bonds is 8. The lowest BCUT2D eigenvalue weighted by Gasteiger charge is -2.17. The van der Waals surface area contributed by atoms with Gasteiger partial charge in [0.1, 0.15) is 5.82 Å². The lowest BCUT2D eigenvalue weighted by Crippen LogP contribution is -2.26. The lowest BCUT2D eigenvalue weighted by molar-refractivity contribution is -0.120. The fourth-order valence-electron chi connectivity index (χ4n) is 1.70. The third-order valence-corrected chi connectivity index (χ3v) is 3.24. The molecule has 1 amide bonds. The molecule has 6 heteroatoms. The maximum Gasteiger partial charge on any atom is 0.221 e. The molecule has 0 radical (unpaired) electrons. The van der Waals surface area contributed by atoms with Crippen LogP contribution in [0.15, 0.2) is 12.1 Å². The van der Waals surface area contributed by atoms with Crippen molar-refractivity contribution in [2.75, 3.05) is 32.5 Å². The Hall–Kier alpha value is -1.33. The van der Waals surface area contributed by atoms with Gasteiger partial charge in [-0.3, -0.25) is 9.69 Å². The predicted octanol–water partition coefficient (Wildman–Crippen LogP) is 2.12. The molecule has 0 saturated heterocycles. The highest BCUT2D eigenvalue weighted by Gasteiger charge is 2.09.